The van der Waals surface area contributed by atoms with E-state index in [0.29, 0.717) is 6.04 Å². The van der Waals surface area contributed by atoms with Gasteiger partial charge in [-0.25, -0.2) is 0 Å². The number of methoxy groups -OCH3 is 1. The minimum atomic E-state index is 0.708. The Bertz CT molecular complexity index is 91.3. The van der Waals surface area contributed by atoms with Crippen LogP contribution in [0.25, 0.3) is 0 Å². The Kier molecular flexibility index (Phi) is 3.16. The molecular weight excluding hydrogens is 126 g/mol. The summed E-state index contributed by atoms with van der Waals surface area (Å²) in [7, 11) is 3.80. The van der Waals surface area contributed by atoms with E-state index < -0.39 is 0 Å². The minimum Gasteiger partial charge on any atom is -0.385 e. The number of nitrogens with one attached hydrogen (secondary N) is 1. The lowest BCUT2D eigenvalue weighted by Crippen LogP contribution is -2.28. The van der Waals surface area contributed by atoms with Gasteiger partial charge in [-0.05, 0) is 32.2 Å². The summed E-state index contributed by atoms with van der Waals surface area (Å²) in [6, 6.07) is 0.708. The fraction of sp³-hybridized carbons (Fsp3) is 1.00. The topological polar surface area (TPSA) is 21.3 Å². The summed E-state index contributed by atoms with van der Waals surface area (Å²) >= 11 is 0. The summed E-state index contributed by atoms with van der Waals surface area (Å²) in [6.07, 6.45) is 3.99. The van der Waals surface area contributed by atoms with Gasteiger partial charge < -0.3 is 10.1 Å². The highest BCUT2D eigenvalue weighted by molar-refractivity contribution is 4.85. The fourth-order valence-electron chi connectivity index (χ4n) is 1.36. The molecule has 1 aliphatic carbocycles. The maximum atomic E-state index is 5.01. The van der Waals surface area contributed by atoms with Crippen molar-refractivity contribution in [3.8, 4) is 0 Å². The zero-order chi connectivity index (χ0) is 7.40. The van der Waals surface area contributed by atoms with Crippen LogP contribution in [0.5, 0.6) is 0 Å². The molecule has 2 heteroatoms. The van der Waals surface area contributed by atoms with Crippen LogP contribution < -0.4 is 5.32 Å². The molecule has 0 heterocycles. The molecule has 1 fully saturated rings. The molecule has 1 N–H and O–H groups in total. The molecule has 0 saturated heterocycles. The van der Waals surface area contributed by atoms with E-state index in [0.717, 1.165) is 18.9 Å². The predicted molar refractivity (Wildman–Crippen MR) is 42.1 cm³/mol. The Morgan fingerprint density at radius 2 is 2.30 bits per heavy atom. The molecule has 0 aromatic carbocycles. The van der Waals surface area contributed by atoms with E-state index in [4.69, 9.17) is 4.74 Å². The van der Waals surface area contributed by atoms with Crippen LogP contribution in [0.4, 0.5) is 0 Å². The van der Waals surface area contributed by atoms with Crippen LogP contribution in [0.1, 0.15) is 19.3 Å². The maximum absolute atomic E-state index is 5.01. The summed E-state index contributed by atoms with van der Waals surface area (Å²) in [4.78, 5) is 0. The lowest BCUT2D eigenvalue weighted by molar-refractivity contribution is 0.180. The van der Waals surface area contributed by atoms with E-state index in [9.17, 15) is 0 Å². The molecule has 0 radical (unpaired) electrons. The van der Waals surface area contributed by atoms with Gasteiger partial charge in [0.05, 0.1) is 0 Å². The van der Waals surface area contributed by atoms with E-state index in [1.165, 1.54) is 12.8 Å². The van der Waals surface area contributed by atoms with Gasteiger partial charge in [-0.15, -0.1) is 0 Å². The second kappa shape index (κ2) is 3.94. The molecule has 0 bridgehead atoms. The molecule has 1 saturated carbocycles. The van der Waals surface area contributed by atoms with Crippen LogP contribution in [0.15, 0.2) is 0 Å². The third-order valence-corrected chi connectivity index (χ3v) is 2.19. The molecule has 1 aliphatic rings. The first-order valence-corrected chi connectivity index (χ1v) is 4.04. The van der Waals surface area contributed by atoms with Crippen molar-refractivity contribution in [2.24, 2.45) is 5.92 Å². The average Bonchev–Trinajstić information content (AvgIpc) is 2.73. The van der Waals surface area contributed by atoms with Crippen LogP contribution in [0, 0.1) is 5.92 Å². The zero-order valence-electron chi connectivity index (χ0n) is 6.89. The maximum Gasteiger partial charge on any atom is 0.0477 e. The van der Waals surface area contributed by atoms with Crippen LogP contribution in [-0.4, -0.2) is 26.8 Å². The SMILES string of the molecule is CNC(CCOC)C1CC1. The molecule has 1 rings (SSSR count). The van der Waals surface area contributed by atoms with Crippen molar-refractivity contribution >= 4 is 0 Å². The summed E-state index contributed by atoms with van der Waals surface area (Å²) in [5.41, 5.74) is 0. The Morgan fingerprint density at radius 3 is 2.70 bits per heavy atom. The van der Waals surface area contributed by atoms with E-state index in [1.54, 1.807) is 7.11 Å². The highest BCUT2D eigenvalue weighted by Gasteiger charge is 2.29. The number of ether oxygens (including phenoxy) is 1. The van der Waals surface area contributed by atoms with Crippen molar-refractivity contribution < 1.29 is 4.74 Å². The zero-order valence-corrected chi connectivity index (χ0v) is 6.89. The van der Waals surface area contributed by atoms with Gasteiger partial charge in [0.15, 0.2) is 0 Å². The van der Waals surface area contributed by atoms with E-state index in [1.807, 2.05) is 7.05 Å². The number of hydrogen-bond acceptors (Lipinski definition) is 2. The Balaban J connectivity index is 2.07. The highest BCUT2D eigenvalue weighted by Crippen LogP contribution is 2.33. The number of hydrogen-bond donors (Lipinski definition) is 1. The van der Waals surface area contributed by atoms with Crippen LogP contribution >= 0.6 is 0 Å². The van der Waals surface area contributed by atoms with E-state index >= 15 is 0 Å². The number of rotatable bonds is 5. The normalized spacial score (nSPS) is 21.0. The molecule has 0 spiro atoms. The molecule has 0 amide bonds. The summed E-state index contributed by atoms with van der Waals surface area (Å²) in [6.45, 7) is 0.891. The standard InChI is InChI=1S/C8H17NO/c1-9-8(5-6-10-2)7-3-4-7/h7-9H,3-6H2,1-2H3. The smallest absolute Gasteiger partial charge is 0.0477 e. The van der Waals surface area contributed by atoms with E-state index in [-0.39, 0.29) is 0 Å². The van der Waals surface area contributed by atoms with Gasteiger partial charge in [-0.1, -0.05) is 0 Å². The van der Waals surface area contributed by atoms with Gasteiger partial charge in [0.1, 0.15) is 0 Å². The second-order valence-corrected chi connectivity index (χ2v) is 3.01. The summed E-state index contributed by atoms with van der Waals surface area (Å²) in [5.74, 6) is 0.945. The fourth-order valence-corrected chi connectivity index (χ4v) is 1.36. The largest absolute Gasteiger partial charge is 0.385 e. The van der Waals surface area contributed by atoms with E-state index in [2.05, 4.69) is 5.32 Å². The van der Waals surface area contributed by atoms with Crippen molar-refractivity contribution in [1.82, 2.24) is 5.32 Å². The van der Waals surface area contributed by atoms with Crippen molar-refractivity contribution in [3.05, 3.63) is 0 Å². The molecular formula is C8H17NO. The molecule has 0 aliphatic heterocycles. The summed E-state index contributed by atoms with van der Waals surface area (Å²) < 4.78 is 5.01. The minimum absolute atomic E-state index is 0.708. The lowest BCUT2D eigenvalue weighted by Gasteiger charge is -2.13. The molecule has 1 atom stereocenters. The van der Waals surface area contributed by atoms with Gasteiger partial charge in [-0.3, -0.25) is 0 Å². The van der Waals surface area contributed by atoms with Crippen LogP contribution in [0.3, 0.4) is 0 Å². The molecule has 0 aromatic heterocycles. The van der Waals surface area contributed by atoms with Crippen molar-refractivity contribution in [2.45, 2.75) is 25.3 Å². The molecule has 0 aromatic rings. The van der Waals surface area contributed by atoms with Crippen molar-refractivity contribution in [1.29, 1.82) is 0 Å². The van der Waals surface area contributed by atoms with Crippen LogP contribution in [0.2, 0.25) is 0 Å². The van der Waals surface area contributed by atoms with Crippen LogP contribution in [-0.2, 0) is 4.74 Å². The van der Waals surface area contributed by atoms with Gasteiger partial charge >= 0.3 is 0 Å². The van der Waals surface area contributed by atoms with Gasteiger partial charge in [-0.2, -0.15) is 0 Å². The summed E-state index contributed by atoms with van der Waals surface area (Å²) in [5, 5.41) is 3.32. The highest BCUT2D eigenvalue weighted by atomic mass is 16.5. The Hall–Kier alpha value is -0.0800. The van der Waals surface area contributed by atoms with Gasteiger partial charge in [0.2, 0.25) is 0 Å². The molecule has 1 unspecified atom stereocenters. The molecule has 2 nitrogen and oxygen atoms in total. The Morgan fingerprint density at radius 1 is 1.60 bits per heavy atom. The quantitative estimate of drug-likeness (QED) is 0.620. The van der Waals surface area contributed by atoms with Crippen molar-refractivity contribution in [3.63, 3.8) is 0 Å². The first-order chi connectivity index (χ1) is 4.88. The molecule has 10 heavy (non-hydrogen) atoms. The third-order valence-electron chi connectivity index (χ3n) is 2.19. The second-order valence-electron chi connectivity index (χ2n) is 3.01. The molecule has 60 valence electrons. The van der Waals surface area contributed by atoms with Gasteiger partial charge in [0.25, 0.3) is 0 Å². The Labute approximate surface area is 63.0 Å². The predicted octanol–water partition coefficient (Wildman–Crippen LogP) is 1.02. The first-order valence-electron chi connectivity index (χ1n) is 4.04. The first kappa shape index (κ1) is 8.02. The lowest BCUT2D eigenvalue weighted by atomic mass is 10.1. The van der Waals surface area contributed by atoms with Gasteiger partial charge in [0, 0.05) is 19.8 Å². The van der Waals surface area contributed by atoms with Crippen molar-refractivity contribution in [2.75, 3.05) is 20.8 Å². The monoisotopic (exact) mass is 143 g/mol. The third kappa shape index (κ3) is 2.27. The average molecular weight is 143 g/mol.